The number of nitrogens with one attached hydrogen (secondary N) is 1. The maximum Gasteiger partial charge on any atom is 0.159 e. The molecule has 21 heavy (non-hydrogen) atoms. The van der Waals surface area contributed by atoms with Crippen molar-refractivity contribution >= 4 is 16.7 Å². The molecular weight excluding hydrogens is 268 g/mol. The van der Waals surface area contributed by atoms with E-state index in [1.807, 2.05) is 38.4 Å². The summed E-state index contributed by atoms with van der Waals surface area (Å²) in [6, 6.07) is 5.79. The molecule has 0 amide bonds. The number of furan rings is 1. The maximum atomic E-state index is 5.71. The van der Waals surface area contributed by atoms with Crippen molar-refractivity contribution in [3.05, 3.63) is 42.1 Å². The first-order valence-corrected chi connectivity index (χ1v) is 6.77. The Morgan fingerprint density at radius 2 is 2.24 bits per heavy atom. The highest BCUT2D eigenvalue weighted by Gasteiger charge is 2.17. The molecule has 3 aromatic rings. The Labute approximate surface area is 122 Å². The number of hydrogen-bond acceptors (Lipinski definition) is 5. The van der Waals surface area contributed by atoms with Crippen molar-refractivity contribution in [3.8, 4) is 0 Å². The zero-order chi connectivity index (χ0) is 14.8. The van der Waals surface area contributed by atoms with Crippen molar-refractivity contribution in [2.45, 2.75) is 13.0 Å². The standard InChI is InChI=1S/C15H18N4O2/c1-10-4-5-14(21-10)13(9-20-3)18-12-6-7-16-15-11(12)8-17-19(15)2/h4-8,13H,9H2,1-3H3,(H,16,18). The third-order valence-electron chi connectivity index (χ3n) is 3.40. The van der Waals surface area contributed by atoms with Crippen LogP contribution in [0, 0.1) is 6.92 Å². The van der Waals surface area contributed by atoms with Crippen molar-refractivity contribution in [1.29, 1.82) is 0 Å². The molecule has 0 saturated heterocycles. The van der Waals surface area contributed by atoms with Crippen LogP contribution in [0.2, 0.25) is 0 Å². The van der Waals surface area contributed by atoms with Gasteiger partial charge in [0.2, 0.25) is 0 Å². The Morgan fingerprint density at radius 1 is 1.38 bits per heavy atom. The van der Waals surface area contributed by atoms with Crippen LogP contribution in [0.25, 0.3) is 11.0 Å². The molecule has 0 saturated carbocycles. The largest absolute Gasteiger partial charge is 0.464 e. The van der Waals surface area contributed by atoms with E-state index in [1.165, 1.54) is 0 Å². The van der Waals surface area contributed by atoms with Crippen LogP contribution in [0.1, 0.15) is 17.6 Å². The summed E-state index contributed by atoms with van der Waals surface area (Å²) in [5, 5.41) is 8.68. The van der Waals surface area contributed by atoms with Gasteiger partial charge in [-0.15, -0.1) is 0 Å². The van der Waals surface area contributed by atoms with Gasteiger partial charge in [0.1, 0.15) is 17.6 Å². The number of nitrogens with zero attached hydrogens (tertiary/aromatic N) is 3. The number of rotatable bonds is 5. The van der Waals surface area contributed by atoms with E-state index in [2.05, 4.69) is 15.4 Å². The van der Waals surface area contributed by atoms with Gasteiger partial charge in [-0.05, 0) is 25.1 Å². The molecule has 0 aromatic carbocycles. The summed E-state index contributed by atoms with van der Waals surface area (Å²) in [7, 11) is 3.55. The quantitative estimate of drug-likeness (QED) is 0.781. The van der Waals surface area contributed by atoms with E-state index in [0.29, 0.717) is 6.61 Å². The number of fused-ring (bicyclic) bond motifs is 1. The highest BCUT2D eigenvalue weighted by molar-refractivity contribution is 5.88. The van der Waals surface area contributed by atoms with Gasteiger partial charge in [0.25, 0.3) is 0 Å². The lowest BCUT2D eigenvalue weighted by molar-refractivity contribution is 0.178. The van der Waals surface area contributed by atoms with Gasteiger partial charge < -0.3 is 14.5 Å². The molecule has 3 heterocycles. The molecule has 6 heteroatoms. The summed E-state index contributed by atoms with van der Waals surface area (Å²) in [6.07, 6.45) is 3.57. The Kier molecular flexibility index (Phi) is 3.62. The van der Waals surface area contributed by atoms with E-state index in [0.717, 1.165) is 28.2 Å². The second kappa shape index (κ2) is 5.57. The number of anilines is 1. The monoisotopic (exact) mass is 286 g/mol. The van der Waals surface area contributed by atoms with E-state index in [9.17, 15) is 0 Å². The highest BCUT2D eigenvalue weighted by atomic mass is 16.5. The molecule has 6 nitrogen and oxygen atoms in total. The summed E-state index contributed by atoms with van der Waals surface area (Å²) in [4.78, 5) is 4.34. The minimum Gasteiger partial charge on any atom is -0.464 e. The smallest absolute Gasteiger partial charge is 0.159 e. The first-order valence-electron chi connectivity index (χ1n) is 6.77. The molecule has 0 aliphatic heterocycles. The minimum atomic E-state index is -0.0606. The zero-order valence-corrected chi connectivity index (χ0v) is 12.3. The molecule has 3 rings (SSSR count). The molecule has 0 bridgehead atoms. The van der Waals surface area contributed by atoms with E-state index < -0.39 is 0 Å². The molecule has 0 fully saturated rings. The SMILES string of the molecule is COCC(Nc1ccnc2c1cnn2C)c1ccc(C)o1. The number of pyridine rings is 1. The Bertz CT molecular complexity index is 747. The van der Waals surface area contributed by atoms with Crippen LogP contribution in [0.15, 0.2) is 35.0 Å². The molecule has 0 radical (unpaired) electrons. The Balaban J connectivity index is 1.94. The summed E-state index contributed by atoms with van der Waals surface area (Å²) < 4.78 is 12.8. The Morgan fingerprint density at radius 3 is 2.95 bits per heavy atom. The molecule has 1 atom stereocenters. The second-order valence-electron chi connectivity index (χ2n) is 4.96. The molecule has 0 aliphatic carbocycles. The fourth-order valence-corrected chi connectivity index (χ4v) is 2.36. The summed E-state index contributed by atoms with van der Waals surface area (Å²) in [5.41, 5.74) is 1.80. The Hall–Kier alpha value is -2.34. The van der Waals surface area contributed by atoms with Gasteiger partial charge in [-0.25, -0.2) is 4.98 Å². The van der Waals surface area contributed by atoms with Crippen LogP contribution in [0.5, 0.6) is 0 Å². The average Bonchev–Trinajstić information content (AvgIpc) is 3.06. The lowest BCUT2D eigenvalue weighted by Gasteiger charge is -2.17. The predicted molar refractivity (Wildman–Crippen MR) is 80.2 cm³/mol. The van der Waals surface area contributed by atoms with Crippen molar-refractivity contribution < 1.29 is 9.15 Å². The van der Waals surface area contributed by atoms with Crippen molar-refractivity contribution in [2.75, 3.05) is 19.0 Å². The fourth-order valence-electron chi connectivity index (χ4n) is 2.36. The number of aromatic nitrogens is 3. The number of aryl methyl sites for hydroxylation is 2. The van der Waals surface area contributed by atoms with Crippen molar-refractivity contribution in [2.24, 2.45) is 7.05 Å². The molecule has 3 aromatic heterocycles. The van der Waals surface area contributed by atoms with Gasteiger partial charge in [0, 0.05) is 26.0 Å². The lowest BCUT2D eigenvalue weighted by atomic mass is 10.2. The molecule has 0 aliphatic rings. The van der Waals surface area contributed by atoms with Gasteiger partial charge in [-0.1, -0.05) is 0 Å². The summed E-state index contributed by atoms with van der Waals surface area (Å²) in [5.74, 6) is 1.73. The van der Waals surface area contributed by atoms with Crippen LogP contribution in [0.4, 0.5) is 5.69 Å². The van der Waals surface area contributed by atoms with Gasteiger partial charge in [0.15, 0.2) is 5.65 Å². The molecular formula is C15H18N4O2. The lowest BCUT2D eigenvalue weighted by Crippen LogP contribution is -2.15. The van der Waals surface area contributed by atoms with Crippen LogP contribution in [-0.2, 0) is 11.8 Å². The van der Waals surface area contributed by atoms with Gasteiger partial charge in [-0.3, -0.25) is 4.68 Å². The first kappa shape index (κ1) is 13.6. The van der Waals surface area contributed by atoms with Gasteiger partial charge >= 0.3 is 0 Å². The first-order chi connectivity index (χ1) is 10.2. The number of hydrogen-bond donors (Lipinski definition) is 1. The average molecular weight is 286 g/mol. The number of ether oxygens (including phenoxy) is 1. The third kappa shape index (κ3) is 2.62. The van der Waals surface area contributed by atoms with E-state index in [-0.39, 0.29) is 6.04 Å². The summed E-state index contributed by atoms with van der Waals surface area (Å²) in [6.45, 7) is 2.44. The second-order valence-corrected chi connectivity index (χ2v) is 4.96. The van der Waals surface area contributed by atoms with Crippen LogP contribution >= 0.6 is 0 Å². The van der Waals surface area contributed by atoms with Crippen LogP contribution in [-0.4, -0.2) is 28.5 Å². The van der Waals surface area contributed by atoms with Crippen LogP contribution in [0.3, 0.4) is 0 Å². The topological polar surface area (TPSA) is 65.1 Å². The summed E-state index contributed by atoms with van der Waals surface area (Å²) >= 11 is 0. The van der Waals surface area contributed by atoms with Crippen molar-refractivity contribution in [3.63, 3.8) is 0 Å². The third-order valence-corrected chi connectivity index (χ3v) is 3.40. The van der Waals surface area contributed by atoms with Gasteiger partial charge in [0.05, 0.1) is 18.2 Å². The van der Waals surface area contributed by atoms with Gasteiger partial charge in [-0.2, -0.15) is 5.10 Å². The van der Waals surface area contributed by atoms with E-state index >= 15 is 0 Å². The normalized spacial score (nSPS) is 12.7. The molecule has 0 spiro atoms. The fraction of sp³-hybridized carbons (Fsp3) is 0.333. The zero-order valence-electron chi connectivity index (χ0n) is 12.3. The molecule has 1 unspecified atom stereocenters. The number of methoxy groups -OCH3 is 1. The van der Waals surface area contributed by atoms with E-state index in [4.69, 9.17) is 9.15 Å². The van der Waals surface area contributed by atoms with E-state index in [1.54, 1.807) is 18.0 Å². The maximum absolute atomic E-state index is 5.71. The molecule has 110 valence electrons. The minimum absolute atomic E-state index is 0.0606. The predicted octanol–water partition coefficient (Wildman–Crippen LogP) is 2.67. The highest BCUT2D eigenvalue weighted by Crippen LogP contribution is 2.26. The molecule has 1 N–H and O–H groups in total. The van der Waals surface area contributed by atoms with Crippen molar-refractivity contribution in [1.82, 2.24) is 14.8 Å². The van der Waals surface area contributed by atoms with Crippen LogP contribution < -0.4 is 5.32 Å².